The molecule has 0 saturated heterocycles. The second-order valence-corrected chi connectivity index (χ2v) is 4.81. The van der Waals surface area contributed by atoms with Crippen molar-refractivity contribution < 1.29 is 14.7 Å². The van der Waals surface area contributed by atoms with Gasteiger partial charge in [0.25, 0.3) is 0 Å². The fourth-order valence-electron chi connectivity index (χ4n) is 1.04. The third-order valence-electron chi connectivity index (χ3n) is 2.43. The molecule has 6 heteroatoms. The van der Waals surface area contributed by atoms with Crippen LogP contribution < -0.4 is 11.1 Å². The van der Waals surface area contributed by atoms with E-state index in [0.29, 0.717) is 12.2 Å². The number of hydrogen-bond acceptors (Lipinski definition) is 4. The molecule has 3 atom stereocenters. The van der Waals surface area contributed by atoms with Gasteiger partial charge >= 0.3 is 5.97 Å². The summed E-state index contributed by atoms with van der Waals surface area (Å²) in [5, 5.41) is 11.4. The van der Waals surface area contributed by atoms with Gasteiger partial charge in [-0.25, -0.2) is 4.79 Å². The van der Waals surface area contributed by atoms with Crippen LogP contribution in [0, 0.1) is 5.92 Å². The molecule has 0 rings (SSSR count). The van der Waals surface area contributed by atoms with E-state index in [1.807, 2.05) is 6.26 Å². The van der Waals surface area contributed by atoms with Crippen molar-refractivity contribution in [3.05, 3.63) is 0 Å². The summed E-state index contributed by atoms with van der Waals surface area (Å²) >= 11 is 1.55. The molecule has 4 N–H and O–H groups in total. The molecule has 0 aromatic heterocycles. The van der Waals surface area contributed by atoms with Gasteiger partial charge in [0.2, 0.25) is 5.91 Å². The summed E-state index contributed by atoms with van der Waals surface area (Å²) in [6.45, 7) is 3.41. The molecule has 0 saturated carbocycles. The molecule has 0 spiro atoms. The second kappa shape index (κ2) is 7.51. The lowest BCUT2D eigenvalue weighted by Crippen LogP contribution is -2.46. The maximum atomic E-state index is 11.6. The summed E-state index contributed by atoms with van der Waals surface area (Å²) < 4.78 is 0. The van der Waals surface area contributed by atoms with Crippen LogP contribution in [0.15, 0.2) is 0 Å². The van der Waals surface area contributed by atoms with Crippen LogP contribution in [-0.2, 0) is 9.59 Å². The van der Waals surface area contributed by atoms with Gasteiger partial charge in [-0.2, -0.15) is 11.8 Å². The summed E-state index contributed by atoms with van der Waals surface area (Å²) in [7, 11) is 0. The first-order valence-electron chi connectivity index (χ1n) is 5.17. The van der Waals surface area contributed by atoms with E-state index in [1.165, 1.54) is 0 Å². The van der Waals surface area contributed by atoms with Crippen LogP contribution in [0.3, 0.4) is 0 Å². The average Bonchev–Trinajstić information content (AvgIpc) is 2.21. The summed E-state index contributed by atoms with van der Waals surface area (Å²) in [5.41, 5.74) is 5.58. The number of rotatable bonds is 7. The Balaban J connectivity index is 4.28. The first-order chi connectivity index (χ1) is 7.40. The minimum Gasteiger partial charge on any atom is -0.480 e. The second-order valence-electron chi connectivity index (χ2n) is 3.83. The minimum atomic E-state index is -1.00. The number of aliphatic carboxylic acids is 1. The first-order valence-corrected chi connectivity index (χ1v) is 6.57. The Bertz CT molecular complexity index is 246. The fourth-order valence-corrected chi connectivity index (χ4v) is 1.51. The van der Waals surface area contributed by atoms with E-state index < -0.39 is 12.0 Å². The lowest BCUT2D eigenvalue weighted by atomic mass is 10.0. The quantitative estimate of drug-likeness (QED) is 0.602. The number of thioether (sulfide) groups is 1. The zero-order chi connectivity index (χ0) is 12.7. The first kappa shape index (κ1) is 15.2. The maximum absolute atomic E-state index is 11.6. The molecule has 5 nitrogen and oxygen atoms in total. The molecular formula is C10H20N2O3S. The van der Waals surface area contributed by atoms with Crippen molar-refractivity contribution in [2.75, 3.05) is 12.0 Å². The molecule has 16 heavy (non-hydrogen) atoms. The van der Waals surface area contributed by atoms with Gasteiger partial charge in [-0.15, -0.1) is 0 Å². The maximum Gasteiger partial charge on any atom is 0.326 e. The molecule has 0 aromatic rings. The lowest BCUT2D eigenvalue weighted by molar-refractivity contribution is -0.142. The third kappa shape index (κ3) is 5.37. The molecule has 0 aliphatic rings. The van der Waals surface area contributed by atoms with Crippen molar-refractivity contribution in [3.8, 4) is 0 Å². The molecule has 0 fully saturated rings. The Labute approximate surface area is 100 Å². The predicted octanol–water partition coefficient (Wildman–Crippen LogP) is 0.292. The number of amides is 1. The zero-order valence-electron chi connectivity index (χ0n) is 9.90. The van der Waals surface area contributed by atoms with Gasteiger partial charge < -0.3 is 16.2 Å². The molecule has 0 radical (unpaired) electrons. The fraction of sp³-hybridized carbons (Fsp3) is 0.800. The molecule has 0 aliphatic carbocycles. The highest BCUT2D eigenvalue weighted by Gasteiger charge is 2.24. The Morgan fingerprint density at radius 1 is 1.44 bits per heavy atom. The van der Waals surface area contributed by atoms with E-state index in [9.17, 15) is 9.59 Å². The SMILES string of the molecule is CSCCC(NC(=O)C(C)C(C)N)C(=O)O. The molecule has 94 valence electrons. The van der Waals surface area contributed by atoms with Crippen molar-refractivity contribution in [1.29, 1.82) is 0 Å². The predicted molar refractivity (Wildman–Crippen MR) is 65.4 cm³/mol. The minimum absolute atomic E-state index is 0.282. The van der Waals surface area contributed by atoms with Crippen molar-refractivity contribution in [3.63, 3.8) is 0 Å². The Morgan fingerprint density at radius 3 is 2.38 bits per heavy atom. The van der Waals surface area contributed by atoms with E-state index in [0.717, 1.165) is 0 Å². The van der Waals surface area contributed by atoms with Gasteiger partial charge in [0.15, 0.2) is 0 Å². The van der Waals surface area contributed by atoms with Crippen molar-refractivity contribution in [2.24, 2.45) is 11.7 Å². The van der Waals surface area contributed by atoms with Crippen molar-refractivity contribution in [1.82, 2.24) is 5.32 Å². The summed E-state index contributed by atoms with van der Waals surface area (Å²) in [5.74, 6) is -0.983. The average molecular weight is 248 g/mol. The summed E-state index contributed by atoms with van der Waals surface area (Å²) in [6, 6.07) is -1.10. The Morgan fingerprint density at radius 2 is 2.00 bits per heavy atom. The monoisotopic (exact) mass is 248 g/mol. The molecule has 0 bridgehead atoms. The Kier molecular flexibility index (Phi) is 7.16. The van der Waals surface area contributed by atoms with Crippen molar-refractivity contribution in [2.45, 2.75) is 32.4 Å². The number of nitrogens with one attached hydrogen (secondary N) is 1. The normalized spacial score (nSPS) is 16.2. The largest absolute Gasteiger partial charge is 0.480 e. The highest BCUT2D eigenvalue weighted by atomic mass is 32.2. The molecule has 0 heterocycles. The third-order valence-corrected chi connectivity index (χ3v) is 3.07. The highest BCUT2D eigenvalue weighted by Crippen LogP contribution is 2.04. The van der Waals surface area contributed by atoms with Gasteiger partial charge in [-0.3, -0.25) is 4.79 Å². The number of carbonyl (C=O) groups excluding carboxylic acids is 1. The van der Waals surface area contributed by atoms with Crippen LogP contribution in [-0.4, -0.2) is 41.1 Å². The summed E-state index contributed by atoms with van der Waals surface area (Å²) in [4.78, 5) is 22.5. The van der Waals surface area contributed by atoms with Gasteiger partial charge in [-0.05, 0) is 25.4 Å². The number of carbonyl (C=O) groups is 2. The van der Waals surface area contributed by atoms with Gasteiger partial charge in [-0.1, -0.05) is 6.92 Å². The van der Waals surface area contributed by atoms with Crippen LogP contribution in [0.25, 0.3) is 0 Å². The lowest BCUT2D eigenvalue weighted by Gasteiger charge is -2.19. The highest BCUT2D eigenvalue weighted by molar-refractivity contribution is 7.98. The molecular weight excluding hydrogens is 228 g/mol. The molecule has 1 amide bonds. The van der Waals surface area contributed by atoms with Crippen LogP contribution in [0.1, 0.15) is 20.3 Å². The van der Waals surface area contributed by atoms with Gasteiger partial charge in [0.1, 0.15) is 6.04 Å². The summed E-state index contributed by atoms with van der Waals surface area (Å²) in [6.07, 6.45) is 2.32. The van der Waals surface area contributed by atoms with E-state index in [2.05, 4.69) is 5.32 Å². The van der Waals surface area contributed by atoms with Crippen LogP contribution >= 0.6 is 11.8 Å². The number of hydrogen-bond donors (Lipinski definition) is 3. The molecule has 3 unspecified atom stereocenters. The van der Waals surface area contributed by atoms with Crippen LogP contribution in [0.2, 0.25) is 0 Å². The van der Waals surface area contributed by atoms with E-state index in [-0.39, 0.29) is 17.9 Å². The Hall–Kier alpha value is -0.750. The van der Waals surface area contributed by atoms with E-state index >= 15 is 0 Å². The van der Waals surface area contributed by atoms with Gasteiger partial charge in [0.05, 0.1) is 0 Å². The standard InChI is InChI=1S/C10H20N2O3S/c1-6(7(2)11)9(13)12-8(10(14)15)4-5-16-3/h6-8H,4-5,11H2,1-3H3,(H,12,13)(H,14,15). The number of carboxylic acids is 1. The molecule has 0 aliphatic heterocycles. The topological polar surface area (TPSA) is 92.4 Å². The zero-order valence-corrected chi connectivity index (χ0v) is 10.7. The smallest absolute Gasteiger partial charge is 0.326 e. The van der Waals surface area contributed by atoms with E-state index in [1.54, 1.807) is 25.6 Å². The number of nitrogens with two attached hydrogens (primary N) is 1. The molecule has 0 aromatic carbocycles. The van der Waals surface area contributed by atoms with E-state index in [4.69, 9.17) is 10.8 Å². The van der Waals surface area contributed by atoms with Crippen molar-refractivity contribution >= 4 is 23.6 Å². The number of carboxylic acid groups (broad SMARTS) is 1. The van der Waals surface area contributed by atoms with Crippen LogP contribution in [0.4, 0.5) is 0 Å². The van der Waals surface area contributed by atoms with Gasteiger partial charge in [0, 0.05) is 12.0 Å². The van der Waals surface area contributed by atoms with Crippen LogP contribution in [0.5, 0.6) is 0 Å².